The number of hydrogen-bond donors (Lipinski definition) is 0. The van der Waals surface area contributed by atoms with Gasteiger partial charge in [0.15, 0.2) is 0 Å². The van der Waals surface area contributed by atoms with Crippen molar-refractivity contribution in [3.05, 3.63) is 58.7 Å². The van der Waals surface area contributed by atoms with Crippen molar-refractivity contribution >= 4 is 17.6 Å². The summed E-state index contributed by atoms with van der Waals surface area (Å²) in [6, 6.07) is 7.52. The van der Waals surface area contributed by atoms with Crippen LogP contribution in [0.25, 0.3) is 0 Å². The first-order valence-corrected chi connectivity index (χ1v) is 13.2. The van der Waals surface area contributed by atoms with Gasteiger partial charge in [-0.2, -0.15) is 0 Å². The van der Waals surface area contributed by atoms with Gasteiger partial charge in [0.25, 0.3) is 5.91 Å². The quantitative estimate of drug-likeness (QED) is 0.483. The van der Waals surface area contributed by atoms with Gasteiger partial charge >= 0.3 is 5.97 Å². The number of benzene rings is 1. The van der Waals surface area contributed by atoms with Gasteiger partial charge in [-0.15, -0.1) is 0 Å². The molecule has 0 atom stereocenters. The topological polar surface area (TPSA) is 59.0 Å². The fourth-order valence-corrected chi connectivity index (χ4v) is 6.09. The van der Waals surface area contributed by atoms with E-state index in [1.807, 2.05) is 12.1 Å². The second kappa shape index (κ2) is 9.07. The normalized spacial score (nSPS) is 26.6. The predicted octanol–water partition coefficient (Wildman–Crippen LogP) is 5.90. The Hall–Kier alpha value is -2.69. The highest BCUT2D eigenvalue weighted by Crippen LogP contribution is 2.48. The van der Waals surface area contributed by atoms with E-state index < -0.39 is 5.66 Å². The molecule has 1 amide bonds. The summed E-state index contributed by atoms with van der Waals surface area (Å²) in [4.78, 5) is 32.9. The van der Waals surface area contributed by atoms with Crippen LogP contribution in [0.5, 0.6) is 0 Å². The van der Waals surface area contributed by atoms with Crippen molar-refractivity contribution in [3.8, 4) is 0 Å². The molecule has 0 saturated heterocycles. The molecule has 5 nitrogen and oxygen atoms in total. The second-order valence-electron chi connectivity index (χ2n) is 11.9. The standard InChI is InChI=1S/C30H38N2O3/c1-29(2,3)25-13-16-30(17-14-25)31-26(24-12-11-23(19-24)21-9-10-21)27(33)32(30)18-15-20-5-7-22(8-6-20)28(34)35-4/h5-8,11-12,21,25H,9-10,13-19H2,1-4H3. The van der Waals surface area contributed by atoms with E-state index in [1.54, 1.807) is 12.1 Å². The number of allylic oxidation sites excluding steroid dienone is 3. The number of esters is 1. The minimum absolute atomic E-state index is 0.0992. The number of rotatable bonds is 6. The third kappa shape index (κ3) is 4.74. The van der Waals surface area contributed by atoms with Crippen LogP contribution in [0.4, 0.5) is 0 Å². The predicted molar refractivity (Wildman–Crippen MR) is 138 cm³/mol. The first-order chi connectivity index (χ1) is 16.7. The first kappa shape index (κ1) is 24.0. The number of carbonyl (C=O) groups excluding carboxylic acids is 2. The molecule has 0 radical (unpaired) electrons. The van der Waals surface area contributed by atoms with E-state index in [0.29, 0.717) is 23.7 Å². The lowest BCUT2D eigenvalue weighted by atomic mass is 9.69. The molecule has 0 unspecified atom stereocenters. The Bertz CT molecular complexity index is 1090. The van der Waals surface area contributed by atoms with Gasteiger partial charge in [0.1, 0.15) is 11.4 Å². The van der Waals surface area contributed by atoms with Crippen molar-refractivity contribution in [2.75, 3.05) is 13.7 Å². The van der Waals surface area contributed by atoms with Gasteiger partial charge < -0.3 is 9.64 Å². The minimum atomic E-state index is -0.413. The molecule has 1 heterocycles. The summed E-state index contributed by atoms with van der Waals surface area (Å²) in [6.45, 7) is 7.62. The van der Waals surface area contributed by atoms with Gasteiger partial charge in [0, 0.05) is 6.54 Å². The average Bonchev–Trinajstić information content (AvgIpc) is 3.52. The van der Waals surface area contributed by atoms with E-state index in [4.69, 9.17) is 9.73 Å². The molecule has 5 heteroatoms. The summed E-state index contributed by atoms with van der Waals surface area (Å²) in [7, 11) is 1.39. The third-order valence-corrected chi connectivity index (χ3v) is 8.58. The molecule has 2 saturated carbocycles. The molecule has 4 aliphatic rings. The second-order valence-corrected chi connectivity index (χ2v) is 11.9. The molecule has 35 heavy (non-hydrogen) atoms. The van der Waals surface area contributed by atoms with Crippen LogP contribution in [0.2, 0.25) is 0 Å². The average molecular weight is 475 g/mol. The highest BCUT2D eigenvalue weighted by molar-refractivity contribution is 6.47. The summed E-state index contributed by atoms with van der Waals surface area (Å²) in [5.41, 5.74) is 4.80. The van der Waals surface area contributed by atoms with E-state index in [0.717, 1.165) is 55.6 Å². The van der Waals surface area contributed by atoms with Crippen molar-refractivity contribution in [2.45, 2.75) is 77.8 Å². The molecular formula is C30H38N2O3. The Labute approximate surface area is 209 Å². The fourth-order valence-electron chi connectivity index (χ4n) is 6.09. The molecule has 0 N–H and O–H groups in total. The van der Waals surface area contributed by atoms with Gasteiger partial charge in [-0.25, -0.2) is 4.79 Å². The lowest BCUT2D eigenvalue weighted by Crippen LogP contribution is -2.50. The van der Waals surface area contributed by atoms with E-state index in [9.17, 15) is 9.59 Å². The number of carbonyl (C=O) groups is 2. The lowest BCUT2D eigenvalue weighted by Gasteiger charge is -2.45. The maximum absolute atomic E-state index is 13.8. The molecule has 0 aromatic heterocycles. The van der Waals surface area contributed by atoms with Gasteiger partial charge in [-0.05, 0) is 91.9 Å². The highest BCUT2D eigenvalue weighted by Gasteiger charge is 2.50. The molecule has 2 fully saturated rings. The van der Waals surface area contributed by atoms with Crippen LogP contribution < -0.4 is 0 Å². The number of hydrogen-bond acceptors (Lipinski definition) is 4. The van der Waals surface area contributed by atoms with Crippen LogP contribution in [-0.4, -0.2) is 41.8 Å². The molecule has 1 aromatic rings. The van der Waals surface area contributed by atoms with Crippen molar-refractivity contribution in [1.29, 1.82) is 0 Å². The Morgan fingerprint density at radius 2 is 1.77 bits per heavy atom. The van der Waals surface area contributed by atoms with Gasteiger partial charge in [0.2, 0.25) is 0 Å². The van der Waals surface area contributed by atoms with E-state index >= 15 is 0 Å². The van der Waals surface area contributed by atoms with Crippen LogP contribution in [0, 0.1) is 17.3 Å². The van der Waals surface area contributed by atoms with Crippen molar-refractivity contribution < 1.29 is 14.3 Å². The number of methoxy groups -OCH3 is 1. The van der Waals surface area contributed by atoms with Gasteiger partial charge in [-0.3, -0.25) is 9.79 Å². The third-order valence-electron chi connectivity index (χ3n) is 8.58. The van der Waals surface area contributed by atoms with Crippen LogP contribution >= 0.6 is 0 Å². The van der Waals surface area contributed by atoms with E-state index in [2.05, 4.69) is 37.8 Å². The molecule has 5 rings (SSSR count). The number of nitrogens with zero attached hydrogens (tertiary/aromatic N) is 2. The molecule has 1 aliphatic heterocycles. The monoisotopic (exact) mass is 474 g/mol. The van der Waals surface area contributed by atoms with Crippen molar-refractivity contribution in [1.82, 2.24) is 4.90 Å². The van der Waals surface area contributed by atoms with Gasteiger partial charge in [0.05, 0.1) is 12.7 Å². The van der Waals surface area contributed by atoms with Crippen LogP contribution in [0.1, 0.15) is 81.6 Å². The Balaban J connectivity index is 1.34. The number of amides is 1. The van der Waals surface area contributed by atoms with Crippen LogP contribution in [-0.2, 0) is 16.0 Å². The zero-order valence-electron chi connectivity index (χ0n) is 21.6. The smallest absolute Gasteiger partial charge is 0.337 e. The molecule has 186 valence electrons. The lowest BCUT2D eigenvalue weighted by molar-refractivity contribution is -0.129. The van der Waals surface area contributed by atoms with Crippen LogP contribution in [0.15, 0.2) is 52.6 Å². The SMILES string of the molecule is COC(=O)c1ccc(CCN2C(=O)C(C3=CC=C(C4CC4)C3)=NC23CCC(C(C)(C)C)CC3)cc1. The number of ether oxygens (including phenoxy) is 1. The van der Waals surface area contributed by atoms with Gasteiger partial charge in [-0.1, -0.05) is 50.6 Å². The largest absolute Gasteiger partial charge is 0.465 e. The highest BCUT2D eigenvalue weighted by atomic mass is 16.5. The molecule has 1 aromatic carbocycles. The van der Waals surface area contributed by atoms with Crippen molar-refractivity contribution in [3.63, 3.8) is 0 Å². The molecular weight excluding hydrogens is 436 g/mol. The first-order valence-electron chi connectivity index (χ1n) is 13.2. The zero-order valence-corrected chi connectivity index (χ0v) is 21.6. The van der Waals surface area contributed by atoms with Crippen molar-refractivity contribution in [2.24, 2.45) is 22.2 Å². The van der Waals surface area contributed by atoms with Crippen LogP contribution in [0.3, 0.4) is 0 Å². The Kier molecular flexibility index (Phi) is 6.23. The zero-order chi connectivity index (χ0) is 24.8. The van der Waals surface area contributed by atoms with E-state index in [-0.39, 0.29) is 17.3 Å². The molecule has 1 spiro atoms. The Morgan fingerprint density at radius 1 is 1.09 bits per heavy atom. The molecule has 3 aliphatic carbocycles. The Morgan fingerprint density at radius 3 is 2.37 bits per heavy atom. The molecule has 0 bridgehead atoms. The summed E-state index contributed by atoms with van der Waals surface area (Å²) >= 11 is 0. The number of aliphatic imine (C=N–C) groups is 1. The fraction of sp³-hybridized carbons (Fsp3) is 0.567. The minimum Gasteiger partial charge on any atom is -0.465 e. The maximum atomic E-state index is 13.8. The van der Waals surface area contributed by atoms with E-state index in [1.165, 1.54) is 25.5 Å². The summed E-state index contributed by atoms with van der Waals surface area (Å²) in [5, 5.41) is 0. The summed E-state index contributed by atoms with van der Waals surface area (Å²) < 4.78 is 4.81. The maximum Gasteiger partial charge on any atom is 0.337 e. The summed E-state index contributed by atoms with van der Waals surface area (Å²) in [5.74, 6) is 1.15. The summed E-state index contributed by atoms with van der Waals surface area (Å²) in [6.07, 6.45) is 12.6.